The van der Waals surface area contributed by atoms with Crippen molar-refractivity contribution in [2.24, 2.45) is 17.8 Å². The predicted molar refractivity (Wildman–Crippen MR) is 164 cm³/mol. The SMILES string of the molecule is CCCCCC1CCC(CCc2ccc(OC(=O)c3ccc(OCCCCCC(C)CC)cc3)c(C#N)c2)CC1. The third-order valence-corrected chi connectivity index (χ3v) is 8.79. The van der Waals surface area contributed by atoms with Crippen molar-refractivity contribution in [3.63, 3.8) is 0 Å². The summed E-state index contributed by atoms with van der Waals surface area (Å²) in [7, 11) is 0. The smallest absolute Gasteiger partial charge is 0.343 e. The first-order valence-corrected chi connectivity index (χ1v) is 16.0. The number of benzene rings is 2. The van der Waals surface area contributed by atoms with Crippen LogP contribution in [0.2, 0.25) is 0 Å². The average molecular weight is 546 g/mol. The standard InChI is InChI=1S/C36H51NO3/c1-4-6-8-12-29-13-15-30(16-14-29)17-18-31-19-24-35(33(26-31)27-37)40-36(38)32-20-22-34(23-21-32)39-25-10-7-9-11-28(3)5-2/h19-24,26,28-30H,4-18,25H2,1-3H3. The van der Waals surface area contributed by atoms with E-state index in [-0.39, 0.29) is 0 Å². The van der Waals surface area contributed by atoms with Gasteiger partial charge in [-0.15, -0.1) is 0 Å². The van der Waals surface area contributed by atoms with Gasteiger partial charge in [-0.3, -0.25) is 0 Å². The van der Waals surface area contributed by atoms with Gasteiger partial charge < -0.3 is 9.47 Å². The van der Waals surface area contributed by atoms with Gasteiger partial charge >= 0.3 is 5.97 Å². The maximum Gasteiger partial charge on any atom is 0.343 e. The number of carbonyl (C=O) groups is 1. The molecule has 0 aromatic heterocycles. The molecule has 3 rings (SSSR count). The Morgan fingerprint density at radius 1 is 0.925 bits per heavy atom. The van der Waals surface area contributed by atoms with E-state index in [1.165, 1.54) is 77.0 Å². The molecule has 1 saturated carbocycles. The third-order valence-electron chi connectivity index (χ3n) is 8.79. The van der Waals surface area contributed by atoms with Gasteiger partial charge in [-0.25, -0.2) is 4.79 Å². The molecular formula is C36H51NO3. The summed E-state index contributed by atoms with van der Waals surface area (Å²) >= 11 is 0. The quantitative estimate of drug-likeness (QED) is 0.113. The number of aryl methyl sites for hydroxylation is 1. The summed E-state index contributed by atoms with van der Waals surface area (Å²) in [6.45, 7) is 7.51. The molecule has 0 saturated heterocycles. The Bertz CT molecular complexity index is 1050. The molecule has 1 aliphatic carbocycles. The molecule has 0 N–H and O–H groups in total. The number of nitrogens with zero attached hydrogens (tertiary/aromatic N) is 1. The number of hydrogen-bond donors (Lipinski definition) is 0. The van der Waals surface area contributed by atoms with Crippen molar-refractivity contribution >= 4 is 5.97 Å². The predicted octanol–water partition coefficient (Wildman–Crippen LogP) is 10.1. The summed E-state index contributed by atoms with van der Waals surface area (Å²) in [5, 5.41) is 9.72. The van der Waals surface area contributed by atoms with E-state index in [0.29, 0.717) is 23.5 Å². The number of esters is 1. The first kappa shape index (κ1) is 31.7. The first-order chi connectivity index (χ1) is 19.5. The molecule has 0 bridgehead atoms. The highest BCUT2D eigenvalue weighted by Gasteiger charge is 2.21. The van der Waals surface area contributed by atoms with Gasteiger partial charge in [0, 0.05) is 0 Å². The maximum absolute atomic E-state index is 12.8. The van der Waals surface area contributed by atoms with Gasteiger partial charge in [-0.05, 0) is 79.0 Å². The molecule has 1 unspecified atom stereocenters. The minimum Gasteiger partial charge on any atom is -0.494 e. The van der Waals surface area contributed by atoms with Crippen molar-refractivity contribution in [1.29, 1.82) is 5.26 Å². The van der Waals surface area contributed by atoms with Crippen LogP contribution in [0.4, 0.5) is 0 Å². The highest BCUT2D eigenvalue weighted by Crippen LogP contribution is 2.34. The lowest BCUT2D eigenvalue weighted by Gasteiger charge is -2.28. The van der Waals surface area contributed by atoms with Crippen LogP contribution in [0.3, 0.4) is 0 Å². The lowest BCUT2D eigenvalue weighted by atomic mass is 9.78. The van der Waals surface area contributed by atoms with E-state index in [9.17, 15) is 10.1 Å². The van der Waals surface area contributed by atoms with E-state index in [4.69, 9.17) is 9.47 Å². The molecule has 1 atom stereocenters. The summed E-state index contributed by atoms with van der Waals surface area (Å²) in [5.74, 6) is 3.13. The fraction of sp³-hybridized carbons (Fsp3) is 0.611. The summed E-state index contributed by atoms with van der Waals surface area (Å²) in [6.07, 6.45) is 19.0. The Balaban J connectivity index is 1.41. The molecule has 2 aromatic carbocycles. The van der Waals surface area contributed by atoms with Crippen LogP contribution in [0.15, 0.2) is 42.5 Å². The van der Waals surface area contributed by atoms with E-state index < -0.39 is 5.97 Å². The lowest BCUT2D eigenvalue weighted by Crippen LogP contribution is -2.15. The largest absolute Gasteiger partial charge is 0.494 e. The maximum atomic E-state index is 12.8. The fourth-order valence-corrected chi connectivity index (χ4v) is 5.78. The van der Waals surface area contributed by atoms with Crippen LogP contribution in [0.5, 0.6) is 11.5 Å². The van der Waals surface area contributed by atoms with Crippen molar-refractivity contribution in [2.75, 3.05) is 6.61 Å². The second-order valence-corrected chi connectivity index (χ2v) is 12.0. The van der Waals surface area contributed by atoms with E-state index in [2.05, 4.69) is 26.8 Å². The van der Waals surface area contributed by atoms with Crippen LogP contribution < -0.4 is 9.47 Å². The van der Waals surface area contributed by atoms with Gasteiger partial charge in [0.05, 0.1) is 17.7 Å². The highest BCUT2D eigenvalue weighted by atomic mass is 16.5. The van der Waals surface area contributed by atoms with E-state index >= 15 is 0 Å². The number of nitriles is 1. The molecule has 2 aromatic rings. The summed E-state index contributed by atoms with van der Waals surface area (Å²) in [5.41, 5.74) is 2.00. The third kappa shape index (κ3) is 11.0. The number of rotatable bonds is 17. The van der Waals surface area contributed by atoms with Crippen molar-refractivity contribution < 1.29 is 14.3 Å². The molecular weight excluding hydrogens is 494 g/mol. The minimum atomic E-state index is -0.462. The molecule has 40 heavy (non-hydrogen) atoms. The Kier molecular flexibility index (Phi) is 14.1. The molecule has 1 fully saturated rings. The zero-order valence-electron chi connectivity index (χ0n) is 25.3. The Hall–Kier alpha value is -2.80. The van der Waals surface area contributed by atoms with Gasteiger partial charge in [0.25, 0.3) is 0 Å². The summed E-state index contributed by atoms with van der Waals surface area (Å²) in [6, 6.07) is 14.9. The van der Waals surface area contributed by atoms with Gasteiger partial charge in [0.2, 0.25) is 0 Å². The van der Waals surface area contributed by atoms with Gasteiger partial charge in [-0.2, -0.15) is 5.26 Å². The van der Waals surface area contributed by atoms with Crippen LogP contribution in [-0.2, 0) is 6.42 Å². The van der Waals surface area contributed by atoms with E-state index in [1.807, 2.05) is 24.3 Å². The number of ether oxygens (including phenoxy) is 2. The Labute approximate surface area is 243 Å². The number of unbranched alkanes of at least 4 members (excludes halogenated alkanes) is 4. The Morgan fingerprint density at radius 3 is 2.33 bits per heavy atom. The van der Waals surface area contributed by atoms with Gasteiger partial charge in [0.1, 0.15) is 17.6 Å². The number of hydrogen-bond acceptors (Lipinski definition) is 4. The van der Waals surface area contributed by atoms with Crippen LogP contribution in [0.1, 0.15) is 132 Å². The van der Waals surface area contributed by atoms with Crippen LogP contribution in [0, 0.1) is 29.1 Å². The second-order valence-electron chi connectivity index (χ2n) is 12.0. The molecule has 0 aliphatic heterocycles. The average Bonchev–Trinajstić information content (AvgIpc) is 2.99. The second kappa shape index (κ2) is 17.8. The zero-order valence-corrected chi connectivity index (χ0v) is 25.3. The lowest BCUT2D eigenvalue weighted by molar-refractivity contribution is 0.0734. The molecule has 218 valence electrons. The fourth-order valence-electron chi connectivity index (χ4n) is 5.78. The first-order valence-electron chi connectivity index (χ1n) is 16.0. The van der Waals surface area contributed by atoms with Gasteiger partial charge in [0.15, 0.2) is 0 Å². The van der Waals surface area contributed by atoms with Crippen molar-refractivity contribution in [3.05, 3.63) is 59.2 Å². The molecule has 4 heteroatoms. The molecule has 0 radical (unpaired) electrons. The van der Waals surface area contributed by atoms with Crippen molar-refractivity contribution in [1.82, 2.24) is 0 Å². The normalized spacial score (nSPS) is 17.6. The molecule has 4 nitrogen and oxygen atoms in total. The van der Waals surface area contributed by atoms with Gasteiger partial charge in [-0.1, -0.05) is 104 Å². The van der Waals surface area contributed by atoms with Crippen molar-refractivity contribution in [2.45, 2.75) is 117 Å². The van der Waals surface area contributed by atoms with Crippen LogP contribution >= 0.6 is 0 Å². The molecule has 0 spiro atoms. The molecule has 0 heterocycles. The Morgan fingerprint density at radius 2 is 1.65 bits per heavy atom. The molecule has 0 amide bonds. The topological polar surface area (TPSA) is 59.3 Å². The van der Waals surface area contributed by atoms with E-state index in [0.717, 1.165) is 48.3 Å². The molecule has 1 aliphatic rings. The highest BCUT2D eigenvalue weighted by molar-refractivity contribution is 5.91. The van der Waals surface area contributed by atoms with E-state index in [1.54, 1.807) is 18.2 Å². The monoisotopic (exact) mass is 545 g/mol. The van der Waals surface area contributed by atoms with Crippen LogP contribution in [-0.4, -0.2) is 12.6 Å². The zero-order chi connectivity index (χ0) is 28.6. The van der Waals surface area contributed by atoms with Crippen LogP contribution in [0.25, 0.3) is 0 Å². The van der Waals surface area contributed by atoms with Crippen molar-refractivity contribution in [3.8, 4) is 17.6 Å². The summed E-state index contributed by atoms with van der Waals surface area (Å²) < 4.78 is 11.5. The number of carbonyl (C=O) groups excluding carboxylic acids is 1. The minimum absolute atomic E-state index is 0.321. The summed E-state index contributed by atoms with van der Waals surface area (Å²) in [4.78, 5) is 12.8.